The minimum absolute atomic E-state index is 0.0259. The van der Waals surface area contributed by atoms with E-state index in [2.05, 4.69) is 0 Å². The number of benzene rings is 1. The van der Waals surface area contributed by atoms with Crippen molar-refractivity contribution in [2.75, 3.05) is 6.61 Å². The van der Waals surface area contributed by atoms with Gasteiger partial charge in [-0.1, -0.05) is 6.07 Å². The van der Waals surface area contributed by atoms with Crippen molar-refractivity contribution in [1.29, 1.82) is 0 Å². The van der Waals surface area contributed by atoms with Crippen molar-refractivity contribution in [2.45, 2.75) is 18.6 Å². The Labute approximate surface area is 89.7 Å². The number of nitrogens with two attached hydrogens (primary N) is 1. The lowest BCUT2D eigenvalue weighted by atomic mass is 10.0. The molecule has 0 spiro atoms. The minimum Gasteiger partial charge on any atom is -0.396 e. The van der Waals surface area contributed by atoms with E-state index in [-0.39, 0.29) is 18.6 Å². The highest BCUT2D eigenvalue weighted by Crippen LogP contribution is 2.31. The Balaban J connectivity index is 3.00. The van der Waals surface area contributed by atoms with Gasteiger partial charge in [-0.25, -0.2) is 4.39 Å². The van der Waals surface area contributed by atoms with Crippen LogP contribution in [0.15, 0.2) is 18.2 Å². The van der Waals surface area contributed by atoms with Gasteiger partial charge in [0.25, 0.3) is 0 Å². The molecule has 0 radical (unpaired) electrons. The first-order valence-electron chi connectivity index (χ1n) is 4.59. The number of hydrogen-bond donors (Lipinski definition) is 2. The molecule has 0 saturated carbocycles. The molecule has 90 valence electrons. The van der Waals surface area contributed by atoms with Gasteiger partial charge in [-0.15, -0.1) is 0 Å². The fourth-order valence-electron chi connectivity index (χ4n) is 1.30. The highest BCUT2D eigenvalue weighted by Gasteiger charge is 2.31. The van der Waals surface area contributed by atoms with Gasteiger partial charge in [0.15, 0.2) is 0 Å². The molecule has 6 heteroatoms. The Kier molecular flexibility index (Phi) is 3.88. The van der Waals surface area contributed by atoms with Gasteiger partial charge >= 0.3 is 6.18 Å². The molecule has 1 atom stereocenters. The summed E-state index contributed by atoms with van der Waals surface area (Å²) in [7, 11) is 0. The maximum atomic E-state index is 13.3. The van der Waals surface area contributed by atoms with E-state index in [1.165, 1.54) is 0 Å². The Hall–Kier alpha value is -1.14. The van der Waals surface area contributed by atoms with Crippen LogP contribution in [0.5, 0.6) is 0 Å². The zero-order valence-corrected chi connectivity index (χ0v) is 8.26. The Morgan fingerprint density at radius 3 is 2.38 bits per heavy atom. The lowest BCUT2D eigenvalue weighted by Gasteiger charge is -2.13. The van der Waals surface area contributed by atoms with Crippen LogP contribution in [-0.2, 0) is 6.18 Å². The number of halogens is 4. The molecule has 0 heterocycles. The van der Waals surface area contributed by atoms with Gasteiger partial charge in [-0.2, -0.15) is 13.2 Å². The molecule has 1 rings (SSSR count). The summed E-state index contributed by atoms with van der Waals surface area (Å²) in [6.07, 6.45) is -4.47. The van der Waals surface area contributed by atoms with E-state index in [4.69, 9.17) is 10.8 Å². The van der Waals surface area contributed by atoms with Crippen LogP contribution in [0.2, 0.25) is 0 Å². The van der Waals surface area contributed by atoms with E-state index in [9.17, 15) is 17.6 Å². The SMILES string of the molecule is NC(CCO)c1ccc(C(F)(F)F)cc1F. The van der Waals surface area contributed by atoms with Crippen LogP contribution in [0.1, 0.15) is 23.6 Å². The Morgan fingerprint density at radius 1 is 1.31 bits per heavy atom. The molecule has 0 aliphatic carbocycles. The molecule has 2 nitrogen and oxygen atoms in total. The molecule has 3 N–H and O–H groups in total. The highest BCUT2D eigenvalue weighted by atomic mass is 19.4. The molecule has 0 fully saturated rings. The van der Waals surface area contributed by atoms with Crippen molar-refractivity contribution in [3.8, 4) is 0 Å². The monoisotopic (exact) mass is 237 g/mol. The molecule has 0 aliphatic rings. The van der Waals surface area contributed by atoms with Gasteiger partial charge in [-0.05, 0) is 18.6 Å². The number of hydrogen-bond acceptors (Lipinski definition) is 2. The first kappa shape index (κ1) is 12.9. The summed E-state index contributed by atoms with van der Waals surface area (Å²) in [5.74, 6) is -1.00. The third-order valence-electron chi connectivity index (χ3n) is 2.17. The second-order valence-corrected chi connectivity index (χ2v) is 3.35. The lowest BCUT2D eigenvalue weighted by molar-refractivity contribution is -0.137. The van der Waals surface area contributed by atoms with Gasteiger partial charge in [0, 0.05) is 18.2 Å². The normalized spacial score (nSPS) is 13.9. The summed E-state index contributed by atoms with van der Waals surface area (Å²) >= 11 is 0. The fraction of sp³-hybridized carbons (Fsp3) is 0.400. The van der Waals surface area contributed by atoms with Crippen LogP contribution in [-0.4, -0.2) is 11.7 Å². The zero-order chi connectivity index (χ0) is 12.3. The molecular formula is C10H11F4NO. The summed E-state index contributed by atoms with van der Waals surface area (Å²) in [6.45, 7) is -0.248. The van der Waals surface area contributed by atoms with Crippen LogP contribution in [0, 0.1) is 5.82 Å². The summed E-state index contributed by atoms with van der Waals surface area (Å²) in [5.41, 5.74) is 4.41. The Morgan fingerprint density at radius 2 is 1.94 bits per heavy atom. The molecule has 1 aromatic rings. The average Bonchev–Trinajstić information content (AvgIpc) is 2.16. The van der Waals surface area contributed by atoms with Gasteiger partial charge in [-0.3, -0.25) is 0 Å². The summed E-state index contributed by atoms with van der Waals surface area (Å²) < 4.78 is 49.9. The molecule has 0 amide bonds. The largest absolute Gasteiger partial charge is 0.416 e. The molecule has 0 aliphatic heterocycles. The molecule has 1 aromatic carbocycles. The van der Waals surface area contributed by atoms with Gasteiger partial charge in [0.2, 0.25) is 0 Å². The molecule has 0 saturated heterocycles. The molecule has 16 heavy (non-hydrogen) atoms. The predicted octanol–water partition coefficient (Wildman–Crippen LogP) is 2.23. The lowest BCUT2D eigenvalue weighted by Crippen LogP contribution is -2.15. The average molecular weight is 237 g/mol. The van der Waals surface area contributed by atoms with Crippen molar-refractivity contribution in [3.05, 3.63) is 35.1 Å². The fourth-order valence-corrected chi connectivity index (χ4v) is 1.30. The third-order valence-corrected chi connectivity index (χ3v) is 2.17. The van der Waals surface area contributed by atoms with E-state index < -0.39 is 23.6 Å². The van der Waals surface area contributed by atoms with Crippen LogP contribution in [0.4, 0.5) is 17.6 Å². The second-order valence-electron chi connectivity index (χ2n) is 3.35. The van der Waals surface area contributed by atoms with Crippen molar-refractivity contribution in [1.82, 2.24) is 0 Å². The Bertz CT molecular complexity index is 364. The van der Waals surface area contributed by atoms with Gasteiger partial charge in [0.05, 0.1) is 5.56 Å². The molecule has 0 aromatic heterocycles. The summed E-state index contributed by atoms with van der Waals surface area (Å²) in [5, 5.41) is 8.59. The highest BCUT2D eigenvalue weighted by molar-refractivity contribution is 5.28. The summed E-state index contributed by atoms with van der Waals surface area (Å²) in [4.78, 5) is 0. The van der Waals surface area contributed by atoms with E-state index in [0.29, 0.717) is 6.07 Å². The zero-order valence-electron chi connectivity index (χ0n) is 8.26. The predicted molar refractivity (Wildman–Crippen MR) is 50.0 cm³/mol. The number of aliphatic hydroxyl groups is 1. The van der Waals surface area contributed by atoms with E-state index in [1.807, 2.05) is 0 Å². The van der Waals surface area contributed by atoms with Gasteiger partial charge in [0.1, 0.15) is 5.82 Å². The van der Waals surface area contributed by atoms with Crippen LogP contribution in [0.3, 0.4) is 0 Å². The standard InChI is InChI=1S/C10H11F4NO/c11-8-5-6(10(12,13)14)1-2-7(8)9(15)3-4-16/h1-2,5,9,16H,3-4,15H2. The number of aliphatic hydroxyl groups excluding tert-OH is 1. The number of alkyl halides is 3. The quantitative estimate of drug-likeness (QED) is 0.792. The van der Waals surface area contributed by atoms with Crippen LogP contribution >= 0.6 is 0 Å². The second kappa shape index (κ2) is 4.80. The first-order valence-corrected chi connectivity index (χ1v) is 4.59. The number of rotatable bonds is 3. The van der Waals surface area contributed by atoms with Crippen molar-refractivity contribution in [2.24, 2.45) is 5.73 Å². The third kappa shape index (κ3) is 2.93. The molecular weight excluding hydrogens is 226 g/mol. The van der Waals surface area contributed by atoms with Crippen molar-refractivity contribution >= 4 is 0 Å². The van der Waals surface area contributed by atoms with Crippen molar-refractivity contribution in [3.63, 3.8) is 0 Å². The van der Waals surface area contributed by atoms with Crippen LogP contribution < -0.4 is 5.73 Å². The topological polar surface area (TPSA) is 46.2 Å². The maximum absolute atomic E-state index is 13.3. The maximum Gasteiger partial charge on any atom is 0.416 e. The molecule has 1 unspecified atom stereocenters. The first-order chi connectivity index (χ1) is 7.36. The van der Waals surface area contributed by atoms with E-state index in [0.717, 1.165) is 12.1 Å². The van der Waals surface area contributed by atoms with E-state index in [1.54, 1.807) is 0 Å². The minimum atomic E-state index is -4.57. The van der Waals surface area contributed by atoms with Crippen molar-refractivity contribution < 1.29 is 22.7 Å². The van der Waals surface area contributed by atoms with Crippen LogP contribution in [0.25, 0.3) is 0 Å². The smallest absolute Gasteiger partial charge is 0.396 e. The van der Waals surface area contributed by atoms with E-state index >= 15 is 0 Å². The molecule has 0 bridgehead atoms. The van der Waals surface area contributed by atoms with Gasteiger partial charge < -0.3 is 10.8 Å². The summed E-state index contributed by atoms with van der Waals surface area (Å²) in [6, 6.07) is 1.38.